The summed E-state index contributed by atoms with van der Waals surface area (Å²) in [6, 6.07) is 53.3. The molecule has 0 amide bonds. The smallest absolute Gasteiger partial charge is 0.0607 e. The van der Waals surface area contributed by atoms with Crippen LogP contribution < -0.4 is 4.90 Å². The van der Waals surface area contributed by atoms with Crippen LogP contribution in [0.5, 0.6) is 0 Å². The molecule has 0 atom stereocenters. The summed E-state index contributed by atoms with van der Waals surface area (Å²) in [6.45, 7) is 8.86. The molecule has 49 heavy (non-hydrogen) atoms. The highest BCUT2D eigenvalue weighted by Gasteiger charge is 2.35. The number of anilines is 3. The first-order valence-electron chi connectivity index (χ1n) is 17.2. The lowest BCUT2D eigenvalue weighted by Crippen LogP contribution is -2.16. The molecule has 0 fully saturated rings. The van der Waals surface area contributed by atoms with Gasteiger partial charge in [0.05, 0.1) is 5.69 Å². The molecule has 0 N–H and O–H groups in total. The van der Waals surface area contributed by atoms with Gasteiger partial charge in [0.1, 0.15) is 0 Å². The Balaban J connectivity index is 1.26. The minimum Gasteiger partial charge on any atom is -0.316 e. The van der Waals surface area contributed by atoms with Crippen LogP contribution in [0, 0.1) is 0 Å². The van der Waals surface area contributed by atoms with Crippen molar-refractivity contribution in [2.75, 3.05) is 4.90 Å². The average molecular weight is 633 g/mol. The van der Waals surface area contributed by atoms with E-state index in [1.807, 2.05) is 0 Å². The van der Waals surface area contributed by atoms with Crippen LogP contribution in [0.2, 0.25) is 0 Å². The molecule has 0 spiro atoms. The Kier molecular flexibility index (Phi) is 7.65. The topological polar surface area (TPSA) is 7.65 Å². The number of fused-ring (bicyclic) bond motifs is 4. The molecule has 2 heteroatoms. The molecule has 0 saturated carbocycles. The molecule has 2 heterocycles. The third-order valence-electron chi connectivity index (χ3n) is 10.1. The molecule has 238 valence electrons. The zero-order chi connectivity index (χ0) is 33.5. The van der Waals surface area contributed by atoms with Crippen LogP contribution in [0.15, 0.2) is 170 Å². The van der Waals surface area contributed by atoms with Crippen LogP contribution in [-0.2, 0) is 5.41 Å². The predicted octanol–water partition coefficient (Wildman–Crippen LogP) is 13.0. The van der Waals surface area contributed by atoms with E-state index in [9.17, 15) is 0 Å². The van der Waals surface area contributed by atoms with Crippen molar-refractivity contribution in [2.45, 2.75) is 33.1 Å². The zero-order valence-electron chi connectivity index (χ0n) is 28.6. The fraction of sp³-hybridized carbons (Fsp3) is 0.106. The Morgan fingerprint density at radius 1 is 0.571 bits per heavy atom. The van der Waals surface area contributed by atoms with Crippen LogP contribution in [0.25, 0.3) is 44.6 Å². The molecule has 2 aromatic heterocycles. The van der Waals surface area contributed by atoms with Crippen molar-refractivity contribution in [3.05, 3.63) is 187 Å². The third-order valence-corrected chi connectivity index (χ3v) is 10.1. The van der Waals surface area contributed by atoms with Crippen molar-refractivity contribution in [1.29, 1.82) is 0 Å². The monoisotopic (exact) mass is 632 g/mol. The molecule has 0 saturated heterocycles. The SMILES string of the molecule is C/C=C\C(=C/C)c1ccc(N(c2ccc(-c3c(-c4ccccc4)cc4ccccn34)cc2)c2ccc3c(c2)C(C)(C)c2ccccc2-3)cc1. The highest BCUT2D eigenvalue weighted by molar-refractivity contribution is 5.89. The van der Waals surface area contributed by atoms with Gasteiger partial charge in [-0.1, -0.05) is 123 Å². The van der Waals surface area contributed by atoms with Crippen LogP contribution in [0.1, 0.15) is 44.4 Å². The van der Waals surface area contributed by atoms with E-state index in [1.54, 1.807) is 0 Å². The van der Waals surface area contributed by atoms with E-state index < -0.39 is 0 Å². The maximum atomic E-state index is 2.41. The van der Waals surface area contributed by atoms with E-state index in [1.165, 1.54) is 61.3 Å². The summed E-state index contributed by atoms with van der Waals surface area (Å²) in [5, 5.41) is 0. The average Bonchev–Trinajstić information content (AvgIpc) is 3.64. The Bertz CT molecular complexity index is 2350. The molecular formula is C47H40N2. The lowest BCUT2D eigenvalue weighted by molar-refractivity contribution is 0.660. The molecule has 5 aromatic carbocycles. The van der Waals surface area contributed by atoms with Crippen molar-refractivity contribution in [3.63, 3.8) is 0 Å². The summed E-state index contributed by atoms with van der Waals surface area (Å²) in [5.74, 6) is 0. The summed E-state index contributed by atoms with van der Waals surface area (Å²) in [6.07, 6.45) is 8.59. The summed E-state index contributed by atoms with van der Waals surface area (Å²) in [7, 11) is 0. The Morgan fingerprint density at radius 2 is 1.22 bits per heavy atom. The van der Waals surface area contributed by atoms with Gasteiger partial charge in [0.25, 0.3) is 0 Å². The van der Waals surface area contributed by atoms with Crippen molar-refractivity contribution < 1.29 is 0 Å². The first-order valence-corrected chi connectivity index (χ1v) is 17.2. The number of rotatable bonds is 7. The van der Waals surface area contributed by atoms with Gasteiger partial charge in [-0.25, -0.2) is 0 Å². The maximum Gasteiger partial charge on any atom is 0.0607 e. The summed E-state index contributed by atoms with van der Waals surface area (Å²) >= 11 is 0. The van der Waals surface area contributed by atoms with Gasteiger partial charge < -0.3 is 9.30 Å². The van der Waals surface area contributed by atoms with Gasteiger partial charge in [0.2, 0.25) is 0 Å². The van der Waals surface area contributed by atoms with Crippen LogP contribution in [-0.4, -0.2) is 4.40 Å². The molecule has 0 bridgehead atoms. The standard InChI is InChI=1S/C47H40N2/c1-5-14-33(6-2)34-20-24-37(25-21-34)49(40-28-29-42-41-18-10-11-19-44(41)47(3,4)45(42)32-40)38-26-22-36(23-27-38)46-43(35-15-8-7-9-16-35)31-39-17-12-13-30-48(39)46/h5-32H,1-4H3/b14-5-,33-6+. The van der Waals surface area contributed by atoms with Crippen molar-refractivity contribution in [3.8, 4) is 33.5 Å². The number of hydrogen-bond donors (Lipinski definition) is 0. The highest BCUT2D eigenvalue weighted by atomic mass is 15.1. The zero-order valence-corrected chi connectivity index (χ0v) is 28.6. The molecule has 1 aliphatic carbocycles. The van der Waals surface area contributed by atoms with Crippen molar-refractivity contribution >= 4 is 28.2 Å². The minimum absolute atomic E-state index is 0.0848. The molecular weight excluding hydrogens is 593 g/mol. The van der Waals surface area contributed by atoms with E-state index >= 15 is 0 Å². The fourth-order valence-corrected chi connectivity index (χ4v) is 7.64. The van der Waals surface area contributed by atoms with Gasteiger partial charge in [-0.05, 0) is 113 Å². The van der Waals surface area contributed by atoms with Gasteiger partial charge >= 0.3 is 0 Å². The molecule has 7 aromatic rings. The minimum atomic E-state index is -0.0848. The van der Waals surface area contributed by atoms with Gasteiger partial charge in [-0.3, -0.25) is 0 Å². The van der Waals surface area contributed by atoms with Crippen LogP contribution in [0.3, 0.4) is 0 Å². The Hall–Kier alpha value is -5.86. The summed E-state index contributed by atoms with van der Waals surface area (Å²) in [4.78, 5) is 2.40. The van der Waals surface area contributed by atoms with Gasteiger partial charge in [0, 0.05) is 39.8 Å². The second-order valence-corrected chi connectivity index (χ2v) is 13.3. The number of aromatic nitrogens is 1. The first kappa shape index (κ1) is 30.5. The second kappa shape index (κ2) is 12.3. The maximum absolute atomic E-state index is 2.41. The number of pyridine rings is 1. The normalized spacial score (nSPS) is 13.5. The number of benzene rings is 5. The van der Waals surface area contributed by atoms with E-state index in [0.717, 1.165) is 17.1 Å². The summed E-state index contributed by atoms with van der Waals surface area (Å²) in [5.41, 5.74) is 17.2. The molecule has 0 aliphatic heterocycles. The lowest BCUT2D eigenvalue weighted by atomic mass is 9.82. The van der Waals surface area contributed by atoms with E-state index in [0.29, 0.717) is 0 Å². The van der Waals surface area contributed by atoms with Gasteiger partial charge in [0.15, 0.2) is 0 Å². The molecule has 2 nitrogen and oxygen atoms in total. The quantitative estimate of drug-likeness (QED) is 0.159. The van der Waals surface area contributed by atoms with E-state index in [-0.39, 0.29) is 5.41 Å². The molecule has 0 unspecified atom stereocenters. The summed E-state index contributed by atoms with van der Waals surface area (Å²) < 4.78 is 2.30. The number of nitrogens with zero attached hydrogens (tertiary/aromatic N) is 2. The van der Waals surface area contributed by atoms with Crippen molar-refractivity contribution in [2.24, 2.45) is 0 Å². The number of allylic oxidation sites excluding steroid dienone is 4. The van der Waals surface area contributed by atoms with Crippen molar-refractivity contribution in [1.82, 2.24) is 4.40 Å². The molecule has 8 rings (SSSR count). The third kappa shape index (κ3) is 5.21. The first-order chi connectivity index (χ1) is 24.0. The van der Waals surface area contributed by atoms with Gasteiger partial charge in [-0.2, -0.15) is 0 Å². The van der Waals surface area contributed by atoms with Crippen LogP contribution >= 0.6 is 0 Å². The largest absolute Gasteiger partial charge is 0.316 e. The fourth-order valence-electron chi connectivity index (χ4n) is 7.64. The Labute approximate surface area is 289 Å². The lowest BCUT2D eigenvalue weighted by Gasteiger charge is -2.28. The number of hydrogen-bond acceptors (Lipinski definition) is 1. The highest BCUT2D eigenvalue weighted by Crippen LogP contribution is 2.50. The van der Waals surface area contributed by atoms with Gasteiger partial charge in [-0.15, -0.1) is 0 Å². The van der Waals surface area contributed by atoms with E-state index in [4.69, 9.17) is 0 Å². The molecule has 1 aliphatic rings. The predicted molar refractivity (Wildman–Crippen MR) is 209 cm³/mol. The van der Waals surface area contributed by atoms with Crippen LogP contribution in [0.4, 0.5) is 17.1 Å². The molecule has 0 radical (unpaired) electrons. The Morgan fingerprint density at radius 3 is 1.96 bits per heavy atom. The van der Waals surface area contributed by atoms with E-state index in [2.05, 4.69) is 207 Å². The second-order valence-electron chi connectivity index (χ2n) is 13.3.